The molecule has 0 aromatic heterocycles. The molecule has 3 nitrogen and oxygen atoms in total. The Hall–Kier alpha value is -1.98. The van der Waals surface area contributed by atoms with Crippen molar-refractivity contribution in [3.63, 3.8) is 0 Å². The van der Waals surface area contributed by atoms with Gasteiger partial charge in [-0.05, 0) is 42.5 Å². The van der Waals surface area contributed by atoms with Crippen LogP contribution in [-0.4, -0.2) is 19.8 Å². The quantitative estimate of drug-likeness (QED) is 0.258. The van der Waals surface area contributed by atoms with Gasteiger partial charge in [-0.25, -0.2) is 4.39 Å². The Balaban J connectivity index is 1.48. The molecule has 1 aliphatic rings. The average molecular weight is 475 g/mol. The molecule has 0 atom stereocenters. The molecule has 2 aromatic rings. The molecule has 1 heterocycles. The third-order valence-electron chi connectivity index (χ3n) is 6.50. The first-order chi connectivity index (χ1) is 16.6. The normalized spacial score (nSPS) is 18.2. The third kappa shape index (κ3) is 7.78. The summed E-state index contributed by atoms with van der Waals surface area (Å²) in [5, 5.41) is 0. The van der Waals surface area contributed by atoms with Gasteiger partial charge in [0.15, 0.2) is 17.9 Å². The van der Waals surface area contributed by atoms with E-state index in [9.17, 15) is 8.78 Å². The van der Waals surface area contributed by atoms with Crippen LogP contribution in [0.5, 0.6) is 5.75 Å². The number of unbranched alkanes of at least 4 members (excludes halogenated alkanes) is 7. The molecule has 1 saturated heterocycles. The van der Waals surface area contributed by atoms with Crippen LogP contribution in [0.1, 0.15) is 101 Å². The van der Waals surface area contributed by atoms with Crippen molar-refractivity contribution in [2.75, 3.05) is 19.8 Å². The predicted molar refractivity (Wildman–Crippen MR) is 132 cm³/mol. The summed E-state index contributed by atoms with van der Waals surface area (Å²) >= 11 is 0. The van der Waals surface area contributed by atoms with Crippen molar-refractivity contribution in [2.24, 2.45) is 0 Å². The van der Waals surface area contributed by atoms with Crippen molar-refractivity contribution in [1.82, 2.24) is 0 Å². The van der Waals surface area contributed by atoms with Crippen LogP contribution in [-0.2, 0) is 15.9 Å². The van der Waals surface area contributed by atoms with E-state index in [1.165, 1.54) is 56.2 Å². The maximum absolute atomic E-state index is 14.7. The Morgan fingerprint density at radius 3 is 2.09 bits per heavy atom. The first-order valence-corrected chi connectivity index (χ1v) is 13.1. The maximum Gasteiger partial charge on any atom is 0.201 e. The van der Waals surface area contributed by atoms with Crippen molar-refractivity contribution >= 4 is 0 Å². The van der Waals surface area contributed by atoms with Crippen molar-refractivity contribution in [3.05, 3.63) is 64.7 Å². The van der Waals surface area contributed by atoms with Crippen molar-refractivity contribution in [2.45, 2.75) is 90.3 Å². The summed E-state index contributed by atoms with van der Waals surface area (Å²) < 4.78 is 46.3. The van der Waals surface area contributed by atoms with Gasteiger partial charge in [-0.2, -0.15) is 4.39 Å². The zero-order valence-corrected chi connectivity index (χ0v) is 20.8. The molecular formula is C29H40F2O3. The van der Waals surface area contributed by atoms with Gasteiger partial charge in [-0.3, -0.25) is 0 Å². The molecule has 3 rings (SSSR count). The monoisotopic (exact) mass is 474 g/mol. The second-order valence-electron chi connectivity index (χ2n) is 9.29. The van der Waals surface area contributed by atoms with Crippen LogP contribution in [0.3, 0.4) is 0 Å². The fraction of sp³-hybridized carbons (Fsp3) is 0.586. The molecule has 0 saturated carbocycles. The fourth-order valence-corrected chi connectivity index (χ4v) is 4.32. The summed E-state index contributed by atoms with van der Waals surface area (Å²) in [6.07, 6.45) is 10.6. The molecule has 2 aromatic carbocycles. The summed E-state index contributed by atoms with van der Waals surface area (Å²) in [4.78, 5) is 0. The van der Waals surface area contributed by atoms with Gasteiger partial charge in [0.2, 0.25) is 5.82 Å². The third-order valence-corrected chi connectivity index (χ3v) is 6.50. The van der Waals surface area contributed by atoms with E-state index >= 15 is 0 Å². The molecule has 0 spiro atoms. The van der Waals surface area contributed by atoms with Gasteiger partial charge in [-0.1, -0.05) is 83.1 Å². The number of aryl methyl sites for hydroxylation is 1. The van der Waals surface area contributed by atoms with E-state index in [2.05, 4.69) is 38.1 Å². The number of rotatable bonds is 14. The van der Waals surface area contributed by atoms with Crippen LogP contribution in [0.15, 0.2) is 36.4 Å². The second kappa shape index (κ2) is 14.4. The SMILES string of the molecule is CCCCCCCOc1ccc(C2OCC(c3ccc(CCCCCC)cc3)CO2)c(F)c1F. The lowest BCUT2D eigenvalue weighted by molar-refractivity contribution is -0.193. The number of ether oxygens (including phenoxy) is 3. The molecule has 1 fully saturated rings. The van der Waals surface area contributed by atoms with Crippen molar-refractivity contribution < 1.29 is 23.0 Å². The minimum Gasteiger partial charge on any atom is -0.490 e. The number of hydrogen-bond donors (Lipinski definition) is 0. The Labute approximate surface area is 203 Å². The zero-order valence-electron chi connectivity index (χ0n) is 20.8. The van der Waals surface area contributed by atoms with E-state index in [0.717, 1.165) is 31.2 Å². The van der Waals surface area contributed by atoms with Gasteiger partial charge in [0.1, 0.15) is 0 Å². The molecule has 5 heteroatoms. The minimum absolute atomic E-state index is 0.0554. The molecule has 0 amide bonds. The Morgan fingerprint density at radius 2 is 1.41 bits per heavy atom. The van der Waals surface area contributed by atoms with Gasteiger partial charge in [0.05, 0.1) is 19.8 Å². The van der Waals surface area contributed by atoms with Gasteiger partial charge in [-0.15, -0.1) is 0 Å². The first kappa shape index (κ1) is 26.6. The summed E-state index contributed by atoms with van der Waals surface area (Å²) in [6, 6.07) is 11.6. The van der Waals surface area contributed by atoms with E-state index < -0.39 is 17.9 Å². The lowest BCUT2D eigenvalue weighted by Crippen LogP contribution is -2.26. The molecule has 0 unspecified atom stereocenters. The summed E-state index contributed by atoms with van der Waals surface area (Å²) in [5.41, 5.74) is 2.56. The van der Waals surface area contributed by atoms with Crippen LogP contribution in [0.25, 0.3) is 0 Å². The van der Waals surface area contributed by atoms with Crippen LogP contribution >= 0.6 is 0 Å². The van der Waals surface area contributed by atoms with Gasteiger partial charge >= 0.3 is 0 Å². The van der Waals surface area contributed by atoms with Gasteiger partial charge in [0, 0.05) is 11.5 Å². The highest BCUT2D eigenvalue weighted by molar-refractivity contribution is 5.32. The van der Waals surface area contributed by atoms with Crippen molar-refractivity contribution in [3.8, 4) is 5.75 Å². The summed E-state index contributed by atoms with van der Waals surface area (Å²) in [5.74, 6) is -1.91. The molecule has 34 heavy (non-hydrogen) atoms. The Bertz CT molecular complexity index is 845. The van der Waals surface area contributed by atoms with Crippen molar-refractivity contribution in [1.29, 1.82) is 0 Å². The lowest BCUT2D eigenvalue weighted by Gasteiger charge is -2.30. The maximum atomic E-state index is 14.7. The Kier molecular flexibility index (Phi) is 11.3. The lowest BCUT2D eigenvalue weighted by atomic mass is 9.97. The molecule has 0 N–H and O–H groups in total. The van der Waals surface area contributed by atoms with Gasteiger partial charge < -0.3 is 14.2 Å². The summed E-state index contributed by atoms with van der Waals surface area (Å²) in [7, 11) is 0. The fourth-order valence-electron chi connectivity index (χ4n) is 4.32. The van der Waals surface area contributed by atoms with Crippen LogP contribution in [0.2, 0.25) is 0 Å². The largest absolute Gasteiger partial charge is 0.490 e. The standard InChI is InChI=1S/C29H40F2O3/c1-3-5-7-9-11-19-32-26-18-17-25(27(30)28(26)31)29-33-20-24(21-34-29)23-15-13-22(14-16-23)12-10-8-6-4-2/h13-18,24,29H,3-12,19-21H2,1-2H3. The molecule has 0 aliphatic carbocycles. The van der Waals surface area contributed by atoms with E-state index in [1.54, 1.807) is 0 Å². The van der Waals surface area contributed by atoms with E-state index in [4.69, 9.17) is 14.2 Å². The number of hydrogen-bond acceptors (Lipinski definition) is 3. The molecule has 0 bridgehead atoms. The predicted octanol–water partition coefficient (Wildman–Crippen LogP) is 8.27. The second-order valence-corrected chi connectivity index (χ2v) is 9.29. The topological polar surface area (TPSA) is 27.7 Å². The highest BCUT2D eigenvalue weighted by Gasteiger charge is 2.28. The molecule has 1 aliphatic heterocycles. The highest BCUT2D eigenvalue weighted by atomic mass is 19.2. The molecule has 188 valence electrons. The highest BCUT2D eigenvalue weighted by Crippen LogP contribution is 2.34. The number of benzene rings is 2. The minimum atomic E-state index is -0.977. The van der Waals surface area contributed by atoms with Crippen LogP contribution in [0.4, 0.5) is 8.78 Å². The van der Waals surface area contributed by atoms with E-state index in [0.29, 0.717) is 19.8 Å². The van der Waals surface area contributed by atoms with E-state index in [-0.39, 0.29) is 17.2 Å². The molecule has 0 radical (unpaired) electrons. The van der Waals surface area contributed by atoms with Gasteiger partial charge in [0.25, 0.3) is 0 Å². The number of halogens is 2. The average Bonchev–Trinajstić information content (AvgIpc) is 2.87. The summed E-state index contributed by atoms with van der Waals surface area (Å²) in [6.45, 7) is 5.56. The van der Waals surface area contributed by atoms with E-state index in [1.807, 2.05) is 0 Å². The Morgan fingerprint density at radius 1 is 0.765 bits per heavy atom. The smallest absolute Gasteiger partial charge is 0.201 e. The van der Waals surface area contributed by atoms with Crippen LogP contribution in [0, 0.1) is 11.6 Å². The van der Waals surface area contributed by atoms with Crippen LogP contribution < -0.4 is 4.74 Å². The zero-order chi connectivity index (χ0) is 24.2. The molecular weight excluding hydrogens is 434 g/mol. The first-order valence-electron chi connectivity index (χ1n) is 13.1.